The Bertz CT molecular complexity index is 587. The fourth-order valence-corrected chi connectivity index (χ4v) is 5.04. The van der Waals surface area contributed by atoms with E-state index in [-0.39, 0.29) is 39.7 Å². The lowest BCUT2D eigenvalue weighted by molar-refractivity contribution is -0.140. The molecule has 0 bridgehead atoms. The Kier molecular flexibility index (Phi) is 7.38. The molecule has 1 aromatic rings. The van der Waals surface area contributed by atoms with Gasteiger partial charge in [-0.1, -0.05) is 23.2 Å². The summed E-state index contributed by atoms with van der Waals surface area (Å²) in [6.45, 7) is 0.262. The fourth-order valence-electron chi connectivity index (χ4n) is 1.50. The summed E-state index contributed by atoms with van der Waals surface area (Å²) < 4.78 is 36.0. The molecule has 0 spiro atoms. The topological polar surface area (TPSA) is 72.9 Å². The minimum atomic E-state index is -3.85. The van der Waals surface area contributed by atoms with Crippen LogP contribution in [0, 0.1) is 0 Å². The number of methoxy groups -OCH3 is 2. The van der Waals surface area contributed by atoms with Crippen molar-refractivity contribution in [1.29, 1.82) is 0 Å². The van der Waals surface area contributed by atoms with Crippen molar-refractivity contribution in [2.75, 3.05) is 33.9 Å². The van der Waals surface area contributed by atoms with Gasteiger partial charge in [0.2, 0.25) is 10.0 Å². The van der Waals surface area contributed by atoms with Crippen LogP contribution < -0.4 is 0 Å². The summed E-state index contributed by atoms with van der Waals surface area (Å²) in [7, 11) is -1.15. The van der Waals surface area contributed by atoms with Crippen LogP contribution in [0.15, 0.2) is 11.0 Å². The molecule has 6 nitrogen and oxygen atoms in total. The highest BCUT2D eigenvalue weighted by Gasteiger charge is 2.28. The SMILES string of the molecule is COCCN(CCC(=O)OC)S(=O)(=O)c1cc(Cl)sc1Cl. The van der Waals surface area contributed by atoms with Crippen LogP contribution in [-0.4, -0.2) is 52.6 Å². The molecule has 1 rings (SSSR count). The molecule has 10 heteroatoms. The van der Waals surface area contributed by atoms with E-state index >= 15 is 0 Å². The van der Waals surface area contributed by atoms with Gasteiger partial charge >= 0.3 is 5.97 Å². The van der Waals surface area contributed by atoms with Gasteiger partial charge in [0.25, 0.3) is 0 Å². The standard InChI is InChI=1S/C11H15Cl2NO5S2/c1-18-6-5-14(4-3-10(15)19-2)21(16,17)8-7-9(12)20-11(8)13/h7H,3-6H2,1-2H3. The normalized spacial score (nSPS) is 11.9. The predicted octanol–water partition coefficient (Wildman–Crippen LogP) is 2.26. The van der Waals surface area contributed by atoms with Crippen LogP contribution in [0.4, 0.5) is 0 Å². The number of ether oxygens (including phenoxy) is 2. The van der Waals surface area contributed by atoms with Gasteiger partial charge in [0.15, 0.2) is 0 Å². The molecule has 1 heterocycles. The van der Waals surface area contributed by atoms with Crippen LogP contribution >= 0.6 is 34.5 Å². The van der Waals surface area contributed by atoms with Gasteiger partial charge in [-0.2, -0.15) is 4.31 Å². The smallest absolute Gasteiger partial charge is 0.306 e. The first-order valence-corrected chi connectivity index (χ1v) is 8.85. The quantitative estimate of drug-likeness (QED) is 0.651. The third-order valence-corrected chi connectivity index (χ3v) is 6.23. The van der Waals surface area contributed by atoms with Crippen molar-refractivity contribution >= 4 is 50.5 Å². The van der Waals surface area contributed by atoms with Crippen molar-refractivity contribution < 1.29 is 22.7 Å². The summed E-state index contributed by atoms with van der Waals surface area (Å²) >= 11 is 12.7. The number of carbonyl (C=O) groups excluding carboxylic acids is 1. The summed E-state index contributed by atoms with van der Waals surface area (Å²) in [5, 5.41) is 0. The largest absolute Gasteiger partial charge is 0.469 e. The summed E-state index contributed by atoms with van der Waals surface area (Å²) in [6.07, 6.45) is -0.0606. The maximum atomic E-state index is 12.6. The van der Waals surface area contributed by atoms with Crippen molar-refractivity contribution in [3.05, 3.63) is 14.7 Å². The molecular weight excluding hydrogens is 361 g/mol. The van der Waals surface area contributed by atoms with Gasteiger partial charge in [0, 0.05) is 20.2 Å². The first-order chi connectivity index (χ1) is 9.82. The molecule has 0 aliphatic carbocycles. The Morgan fingerprint density at radius 2 is 2.00 bits per heavy atom. The van der Waals surface area contributed by atoms with Crippen molar-refractivity contribution in [2.24, 2.45) is 0 Å². The lowest BCUT2D eigenvalue weighted by atomic mass is 10.4. The van der Waals surface area contributed by atoms with Crippen molar-refractivity contribution in [3.8, 4) is 0 Å². The molecule has 0 N–H and O–H groups in total. The highest BCUT2D eigenvalue weighted by molar-refractivity contribution is 7.89. The maximum absolute atomic E-state index is 12.6. The minimum absolute atomic E-state index is 0.0256. The van der Waals surface area contributed by atoms with Crippen molar-refractivity contribution in [1.82, 2.24) is 4.31 Å². The van der Waals surface area contributed by atoms with Crippen LogP contribution in [0.2, 0.25) is 8.67 Å². The zero-order valence-corrected chi connectivity index (χ0v) is 14.6. The van der Waals surface area contributed by atoms with Crippen LogP contribution in [-0.2, 0) is 24.3 Å². The van der Waals surface area contributed by atoms with E-state index < -0.39 is 16.0 Å². The second-order valence-electron chi connectivity index (χ2n) is 3.91. The molecule has 21 heavy (non-hydrogen) atoms. The number of rotatable bonds is 8. The van der Waals surface area contributed by atoms with Crippen LogP contribution in [0.5, 0.6) is 0 Å². The number of thiophene rings is 1. The molecule has 120 valence electrons. The van der Waals surface area contributed by atoms with E-state index in [1.807, 2.05) is 0 Å². The summed E-state index contributed by atoms with van der Waals surface area (Å²) in [4.78, 5) is 11.1. The van der Waals surface area contributed by atoms with E-state index in [0.717, 1.165) is 15.6 Å². The second-order valence-corrected chi connectivity index (χ2v) is 8.10. The van der Waals surface area contributed by atoms with E-state index in [1.54, 1.807) is 0 Å². The van der Waals surface area contributed by atoms with E-state index in [0.29, 0.717) is 0 Å². The number of carbonyl (C=O) groups is 1. The molecule has 1 aromatic heterocycles. The predicted molar refractivity (Wildman–Crippen MR) is 81.6 cm³/mol. The molecule has 0 aliphatic rings. The molecule has 0 atom stereocenters. The van der Waals surface area contributed by atoms with Gasteiger partial charge in [-0.3, -0.25) is 4.79 Å². The average Bonchev–Trinajstić information content (AvgIpc) is 2.77. The van der Waals surface area contributed by atoms with Gasteiger partial charge in [0.05, 0.1) is 24.5 Å². The van der Waals surface area contributed by atoms with Gasteiger partial charge in [0.1, 0.15) is 9.23 Å². The Hall–Kier alpha value is -0.380. The monoisotopic (exact) mass is 375 g/mol. The molecule has 0 unspecified atom stereocenters. The summed E-state index contributed by atoms with van der Waals surface area (Å²) in [5.74, 6) is -0.498. The Morgan fingerprint density at radius 1 is 1.33 bits per heavy atom. The van der Waals surface area contributed by atoms with Crippen molar-refractivity contribution in [2.45, 2.75) is 11.3 Å². The van der Waals surface area contributed by atoms with Crippen LogP contribution in [0.25, 0.3) is 0 Å². The first kappa shape index (κ1) is 18.7. The third-order valence-electron chi connectivity index (χ3n) is 2.58. The van der Waals surface area contributed by atoms with Crippen LogP contribution in [0.3, 0.4) is 0 Å². The molecule has 0 amide bonds. The van der Waals surface area contributed by atoms with Gasteiger partial charge in [-0.05, 0) is 6.07 Å². The van der Waals surface area contributed by atoms with E-state index in [9.17, 15) is 13.2 Å². The van der Waals surface area contributed by atoms with Crippen molar-refractivity contribution in [3.63, 3.8) is 0 Å². The van der Waals surface area contributed by atoms with Crippen LogP contribution in [0.1, 0.15) is 6.42 Å². The van der Waals surface area contributed by atoms with Gasteiger partial charge < -0.3 is 9.47 Å². The number of sulfonamides is 1. The second kappa shape index (κ2) is 8.30. The lowest BCUT2D eigenvalue weighted by Crippen LogP contribution is -2.35. The van der Waals surface area contributed by atoms with E-state index in [2.05, 4.69) is 4.74 Å². The molecule has 0 saturated carbocycles. The van der Waals surface area contributed by atoms with Gasteiger partial charge in [-0.25, -0.2) is 8.42 Å². The third kappa shape index (κ3) is 5.08. The number of hydrogen-bond acceptors (Lipinski definition) is 6. The highest BCUT2D eigenvalue weighted by Crippen LogP contribution is 2.35. The highest BCUT2D eigenvalue weighted by atomic mass is 35.5. The number of esters is 1. The lowest BCUT2D eigenvalue weighted by Gasteiger charge is -2.21. The molecule has 0 radical (unpaired) electrons. The van der Waals surface area contributed by atoms with E-state index in [4.69, 9.17) is 27.9 Å². The average molecular weight is 376 g/mol. The molecule has 0 saturated heterocycles. The number of hydrogen-bond donors (Lipinski definition) is 0. The zero-order valence-electron chi connectivity index (χ0n) is 11.5. The van der Waals surface area contributed by atoms with E-state index in [1.165, 1.54) is 20.3 Å². The van der Waals surface area contributed by atoms with Gasteiger partial charge in [-0.15, -0.1) is 11.3 Å². The fraction of sp³-hybridized carbons (Fsp3) is 0.545. The summed E-state index contributed by atoms with van der Waals surface area (Å²) in [5.41, 5.74) is 0. The Morgan fingerprint density at radius 3 is 2.48 bits per heavy atom. The maximum Gasteiger partial charge on any atom is 0.306 e. The Labute approximate surface area is 137 Å². The molecule has 0 aliphatic heterocycles. The Balaban J connectivity index is 2.99. The summed E-state index contributed by atoms with van der Waals surface area (Å²) in [6, 6.07) is 1.29. The number of nitrogens with zero attached hydrogens (tertiary/aromatic N) is 1. The molecule has 0 aromatic carbocycles. The zero-order chi connectivity index (χ0) is 16.0. The molecule has 0 fully saturated rings. The molecular formula is C11H15Cl2NO5S2. The minimum Gasteiger partial charge on any atom is -0.469 e. The first-order valence-electron chi connectivity index (χ1n) is 5.83. The number of halogens is 2.